The van der Waals surface area contributed by atoms with Crippen LogP contribution in [0.5, 0.6) is 0 Å². The Morgan fingerprint density at radius 2 is 1.77 bits per heavy atom. The summed E-state index contributed by atoms with van der Waals surface area (Å²) in [6.45, 7) is 4.40. The van der Waals surface area contributed by atoms with Crippen molar-refractivity contribution in [2.24, 2.45) is 5.73 Å². The van der Waals surface area contributed by atoms with Crippen LogP contribution in [0.15, 0.2) is 67.3 Å². The van der Waals surface area contributed by atoms with Crippen molar-refractivity contribution in [3.8, 4) is 0 Å². The molecule has 0 radical (unpaired) electrons. The van der Waals surface area contributed by atoms with E-state index in [9.17, 15) is 27.6 Å². The van der Waals surface area contributed by atoms with Crippen molar-refractivity contribution < 1.29 is 32.3 Å². The monoisotopic (exact) mass is 689 g/mol. The first kappa shape index (κ1) is 37.8. The minimum absolute atomic E-state index is 0.00461. The number of halogens is 1. The summed E-state index contributed by atoms with van der Waals surface area (Å²) in [6.07, 6.45) is 3.56. The van der Waals surface area contributed by atoms with E-state index in [-0.39, 0.29) is 39.0 Å². The van der Waals surface area contributed by atoms with Gasteiger partial charge in [-0.2, -0.15) is 0 Å². The zero-order valence-corrected chi connectivity index (χ0v) is 28.1. The fraction of sp³-hybridized carbons (Fsp3) is 0.455. The van der Waals surface area contributed by atoms with Crippen LogP contribution in [0.1, 0.15) is 43.2 Å². The van der Waals surface area contributed by atoms with E-state index in [0.29, 0.717) is 30.8 Å². The van der Waals surface area contributed by atoms with Gasteiger partial charge in [0.05, 0.1) is 25.0 Å². The molecule has 1 fully saturated rings. The number of benzene rings is 2. The quantitative estimate of drug-likeness (QED) is 0.0982. The van der Waals surface area contributed by atoms with Gasteiger partial charge in [0.1, 0.15) is 12.1 Å². The molecular weight excluding hydrogens is 646 g/mol. The number of hydrogen-bond acceptors (Lipinski definition) is 8. The highest BCUT2D eigenvalue weighted by Gasteiger charge is 2.43. The van der Waals surface area contributed by atoms with Crippen LogP contribution < -0.4 is 21.1 Å². The third kappa shape index (κ3) is 12.5. The van der Waals surface area contributed by atoms with Gasteiger partial charge >= 0.3 is 0 Å². The summed E-state index contributed by atoms with van der Waals surface area (Å²) >= 11 is 5.98. The van der Waals surface area contributed by atoms with Crippen molar-refractivity contribution in [2.75, 3.05) is 25.9 Å². The molecule has 1 aliphatic heterocycles. The van der Waals surface area contributed by atoms with Gasteiger partial charge in [0.25, 0.3) is 5.91 Å². The predicted molar refractivity (Wildman–Crippen MR) is 180 cm³/mol. The summed E-state index contributed by atoms with van der Waals surface area (Å²) in [5.74, 6) is -2.93. The van der Waals surface area contributed by atoms with Gasteiger partial charge in [-0.3, -0.25) is 19.2 Å². The number of ether oxygens (including phenoxy) is 1. The predicted octanol–water partition coefficient (Wildman–Crippen LogP) is 1.86. The molecule has 3 rings (SSSR count). The highest BCUT2D eigenvalue weighted by atomic mass is 35.5. The minimum Gasteiger partial charge on any atom is -0.372 e. The van der Waals surface area contributed by atoms with Gasteiger partial charge in [-0.25, -0.2) is 13.1 Å². The van der Waals surface area contributed by atoms with E-state index < -0.39 is 57.8 Å². The van der Waals surface area contributed by atoms with E-state index in [1.54, 1.807) is 24.3 Å². The number of Topliss-reactive ketones (excluding diaryl/α,β-unsaturated/α-hetero) is 1. The normalized spacial score (nSPS) is 17.5. The fourth-order valence-electron chi connectivity index (χ4n) is 5.27. The molecule has 4 atom stereocenters. The second-order valence-electron chi connectivity index (χ2n) is 11.5. The Kier molecular flexibility index (Phi) is 15.0. The number of hydrogen-bond donors (Lipinski definition) is 4. The molecule has 0 unspecified atom stereocenters. The van der Waals surface area contributed by atoms with E-state index in [1.165, 1.54) is 11.0 Å². The summed E-state index contributed by atoms with van der Waals surface area (Å²) in [5, 5.41) is 5.90. The summed E-state index contributed by atoms with van der Waals surface area (Å²) in [7, 11) is -3.79. The number of rotatable bonds is 19. The smallest absolute Gasteiger partial charge is 0.289 e. The van der Waals surface area contributed by atoms with Crippen LogP contribution in [0.4, 0.5) is 0 Å². The van der Waals surface area contributed by atoms with Crippen LogP contribution in [0.3, 0.4) is 0 Å². The van der Waals surface area contributed by atoms with Crippen molar-refractivity contribution in [1.29, 1.82) is 0 Å². The maximum absolute atomic E-state index is 13.8. The van der Waals surface area contributed by atoms with Crippen LogP contribution in [-0.2, 0) is 47.0 Å². The highest BCUT2D eigenvalue weighted by Crippen LogP contribution is 2.24. The first-order valence-electron chi connectivity index (χ1n) is 15.5. The lowest BCUT2D eigenvalue weighted by molar-refractivity contribution is -0.142. The average Bonchev–Trinajstić information content (AvgIpc) is 3.47. The van der Waals surface area contributed by atoms with E-state index in [0.717, 1.165) is 17.4 Å². The molecule has 47 heavy (non-hydrogen) atoms. The molecule has 2 aromatic rings. The molecule has 2 aromatic carbocycles. The number of carbonyl (C=O) groups excluding carboxylic acids is 4. The number of sulfonamides is 1. The molecule has 12 nitrogen and oxygen atoms in total. The molecule has 256 valence electrons. The second kappa shape index (κ2) is 18.6. The lowest BCUT2D eigenvalue weighted by atomic mass is 10.0. The summed E-state index contributed by atoms with van der Waals surface area (Å²) in [5.41, 5.74) is 7.46. The molecule has 0 bridgehead atoms. The topological polar surface area (TPSA) is 177 Å². The lowest BCUT2D eigenvalue weighted by Gasteiger charge is -2.29. The van der Waals surface area contributed by atoms with Gasteiger partial charge in [-0.15, -0.1) is 6.58 Å². The zero-order chi connectivity index (χ0) is 34.4. The van der Waals surface area contributed by atoms with Crippen molar-refractivity contribution in [3.63, 3.8) is 0 Å². The van der Waals surface area contributed by atoms with E-state index in [4.69, 9.17) is 22.1 Å². The number of nitrogens with one attached hydrogen (secondary N) is 3. The number of carbonyl (C=O) groups is 4. The van der Waals surface area contributed by atoms with Crippen molar-refractivity contribution in [1.82, 2.24) is 20.3 Å². The number of amides is 3. The van der Waals surface area contributed by atoms with E-state index >= 15 is 0 Å². The highest BCUT2D eigenvalue weighted by molar-refractivity contribution is 7.88. The first-order chi connectivity index (χ1) is 22.4. The van der Waals surface area contributed by atoms with E-state index in [1.807, 2.05) is 30.3 Å². The number of likely N-dealkylation sites (tertiary alicyclic amines) is 1. The van der Waals surface area contributed by atoms with Gasteiger partial charge in [0.2, 0.25) is 27.6 Å². The SMILES string of the molecule is C=CC[C@@H](NS(C)(=O)=O)C(=O)N1C[C@H](OCc2ccc(Cl)cc2)C[C@H]1C(=O)N[C@@H](CCCCN)C(=O)C(=O)NCCc1ccccc1. The third-order valence-corrected chi connectivity index (χ3v) is 8.61. The summed E-state index contributed by atoms with van der Waals surface area (Å²) < 4.78 is 32.5. The molecule has 1 heterocycles. The Labute approximate surface area is 281 Å². The second-order valence-corrected chi connectivity index (χ2v) is 13.7. The van der Waals surface area contributed by atoms with E-state index in [2.05, 4.69) is 21.9 Å². The number of nitrogens with zero attached hydrogens (tertiary/aromatic N) is 1. The van der Waals surface area contributed by atoms with Gasteiger partial charge in [-0.05, 0) is 61.9 Å². The summed E-state index contributed by atoms with van der Waals surface area (Å²) in [4.78, 5) is 54.9. The first-order valence-corrected chi connectivity index (χ1v) is 17.8. The average molecular weight is 690 g/mol. The standard InChI is InChI=1S/C33H44ClN5O7S/c1-3-9-28(38-47(2,44)45)33(43)39-21-26(46-22-24-13-15-25(34)16-14-24)20-29(39)31(41)37-27(12-7-8-18-35)30(40)32(42)36-19-17-23-10-5-4-6-11-23/h3-6,10-11,13-16,26-29,38H,1,7-9,12,17-22,35H2,2H3,(H,36,42)(H,37,41)/t26-,27+,28-,29+/m1/s1. The molecule has 14 heteroatoms. The number of nitrogens with two attached hydrogens (primary N) is 1. The molecule has 0 spiro atoms. The zero-order valence-electron chi connectivity index (χ0n) is 26.5. The van der Waals surface area contributed by atoms with Crippen LogP contribution in [-0.4, -0.2) is 86.9 Å². The molecule has 3 amide bonds. The maximum atomic E-state index is 13.8. The Morgan fingerprint density at radius 3 is 2.40 bits per heavy atom. The third-order valence-electron chi connectivity index (χ3n) is 7.65. The van der Waals surface area contributed by atoms with Gasteiger partial charge < -0.3 is 26.0 Å². The number of ketones is 1. The van der Waals surface area contributed by atoms with Crippen molar-refractivity contribution >= 4 is 45.1 Å². The van der Waals surface area contributed by atoms with Gasteiger partial charge in [-0.1, -0.05) is 60.1 Å². The van der Waals surface area contributed by atoms with Crippen molar-refractivity contribution in [3.05, 3.63) is 83.4 Å². The Balaban J connectivity index is 1.77. The number of unbranched alkanes of at least 4 members (excludes halogenated alkanes) is 1. The molecule has 0 aromatic heterocycles. The minimum atomic E-state index is -3.79. The molecule has 5 N–H and O–H groups in total. The molecule has 0 saturated carbocycles. The van der Waals surface area contributed by atoms with Crippen LogP contribution >= 0.6 is 11.6 Å². The lowest BCUT2D eigenvalue weighted by Crippen LogP contribution is -2.56. The van der Waals surface area contributed by atoms with Crippen LogP contribution in [0.2, 0.25) is 5.02 Å². The largest absolute Gasteiger partial charge is 0.372 e. The Hall–Kier alpha value is -3.62. The molecular formula is C33H44ClN5O7S. The van der Waals surface area contributed by atoms with Gasteiger partial charge in [0.15, 0.2) is 0 Å². The Bertz CT molecular complexity index is 1470. The Morgan fingerprint density at radius 1 is 1.06 bits per heavy atom. The van der Waals surface area contributed by atoms with Crippen molar-refractivity contribution in [2.45, 2.75) is 69.4 Å². The fourth-order valence-corrected chi connectivity index (χ4v) is 6.11. The maximum Gasteiger partial charge on any atom is 0.289 e. The molecule has 1 aliphatic rings. The molecule has 1 saturated heterocycles. The molecule has 0 aliphatic carbocycles. The van der Waals surface area contributed by atoms with Crippen LogP contribution in [0.25, 0.3) is 0 Å². The summed E-state index contributed by atoms with van der Waals surface area (Å²) in [6, 6.07) is 13.0. The van der Waals surface area contributed by atoms with Crippen LogP contribution in [0, 0.1) is 0 Å². The van der Waals surface area contributed by atoms with Gasteiger partial charge in [0, 0.05) is 24.5 Å².